The maximum atomic E-state index is 12.7. The molecule has 0 saturated carbocycles. The Bertz CT molecular complexity index is 1350. The number of aryl methyl sites for hydroxylation is 1. The van der Waals surface area contributed by atoms with Gasteiger partial charge in [0.1, 0.15) is 24.0 Å². The summed E-state index contributed by atoms with van der Waals surface area (Å²) < 4.78 is 6.06. The molecule has 0 saturated heterocycles. The number of benzene rings is 4. The first-order chi connectivity index (χ1) is 16.2. The van der Waals surface area contributed by atoms with Gasteiger partial charge in [-0.1, -0.05) is 73.7 Å². The molecular weight excluding hydrogens is 408 g/mol. The fourth-order valence-electron chi connectivity index (χ4n) is 3.55. The standard InChI is InChI=1S/C29H24N2O2/c1-2-21-12-15-27(16-13-21)31-29(32)26(19-30)18-25-9-5-6-10-28(25)33-20-22-11-14-23-7-3-4-8-24(23)17-22/h3-18H,2,20H2,1H3,(H,31,32)/b26-18+. The van der Waals surface area contributed by atoms with Crippen molar-refractivity contribution in [1.82, 2.24) is 0 Å². The summed E-state index contributed by atoms with van der Waals surface area (Å²) in [5.41, 5.74) is 3.56. The van der Waals surface area contributed by atoms with Crippen LogP contribution < -0.4 is 10.1 Å². The van der Waals surface area contributed by atoms with Crippen LogP contribution in [0, 0.1) is 11.3 Å². The summed E-state index contributed by atoms with van der Waals surface area (Å²) in [4.78, 5) is 12.7. The lowest BCUT2D eigenvalue weighted by molar-refractivity contribution is -0.112. The first-order valence-electron chi connectivity index (χ1n) is 10.9. The maximum Gasteiger partial charge on any atom is 0.266 e. The van der Waals surface area contributed by atoms with E-state index in [0.717, 1.165) is 17.4 Å². The molecule has 4 aromatic carbocycles. The summed E-state index contributed by atoms with van der Waals surface area (Å²) >= 11 is 0. The number of rotatable bonds is 7. The van der Waals surface area contributed by atoms with Crippen molar-refractivity contribution >= 4 is 28.4 Å². The first kappa shape index (κ1) is 21.9. The third-order valence-corrected chi connectivity index (χ3v) is 5.41. The summed E-state index contributed by atoms with van der Waals surface area (Å²) in [6.45, 7) is 2.46. The zero-order valence-corrected chi connectivity index (χ0v) is 18.4. The molecule has 0 spiro atoms. The average molecular weight is 433 g/mol. The van der Waals surface area contributed by atoms with Gasteiger partial charge in [0, 0.05) is 11.3 Å². The van der Waals surface area contributed by atoms with E-state index in [0.29, 0.717) is 23.6 Å². The van der Waals surface area contributed by atoms with Crippen LogP contribution in [0.4, 0.5) is 5.69 Å². The van der Waals surface area contributed by atoms with Gasteiger partial charge in [-0.25, -0.2) is 0 Å². The van der Waals surface area contributed by atoms with Crippen LogP contribution in [0.2, 0.25) is 0 Å². The topological polar surface area (TPSA) is 62.1 Å². The molecule has 0 unspecified atom stereocenters. The minimum absolute atomic E-state index is 0.0105. The van der Waals surface area contributed by atoms with Gasteiger partial charge in [0.15, 0.2) is 0 Å². The summed E-state index contributed by atoms with van der Waals surface area (Å²) in [5.74, 6) is 0.157. The second-order valence-corrected chi connectivity index (χ2v) is 7.68. The lowest BCUT2D eigenvalue weighted by Crippen LogP contribution is -2.13. The molecule has 0 radical (unpaired) electrons. The number of carbonyl (C=O) groups excluding carboxylic acids is 1. The quantitative estimate of drug-likeness (QED) is 0.267. The van der Waals surface area contributed by atoms with Crippen LogP contribution in [-0.4, -0.2) is 5.91 Å². The van der Waals surface area contributed by atoms with Crippen LogP contribution in [0.15, 0.2) is 96.6 Å². The number of fused-ring (bicyclic) bond motifs is 1. The molecule has 4 aromatic rings. The molecule has 0 bridgehead atoms. The van der Waals surface area contributed by atoms with Crippen molar-refractivity contribution in [2.75, 3.05) is 5.32 Å². The van der Waals surface area contributed by atoms with Gasteiger partial charge in [-0.3, -0.25) is 4.79 Å². The van der Waals surface area contributed by atoms with Crippen molar-refractivity contribution in [3.05, 3.63) is 113 Å². The van der Waals surface area contributed by atoms with Gasteiger partial charge in [0.05, 0.1) is 0 Å². The Labute approximate surface area is 193 Å². The Morgan fingerprint density at radius 1 is 0.909 bits per heavy atom. The fraction of sp³-hybridized carbons (Fsp3) is 0.103. The third-order valence-electron chi connectivity index (χ3n) is 5.41. The number of carbonyl (C=O) groups is 1. The molecule has 0 fully saturated rings. The van der Waals surface area contributed by atoms with Crippen LogP contribution in [0.25, 0.3) is 16.8 Å². The zero-order valence-electron chi connectivity index (χ0n) is 18.4. The van der Waals surface area contributed by atoms with E-state index in [-0.39, 0.29) is 5.57 Å². The van der Waals surface area contributed by atoms with Crippen LogP contribution in [0.5, 0.6) is 5.75 Å². The second kappa shape index (κ2) is 10.3. The molecule has 0 aliphatic rings. The van der Waals surface area contributed by atoms with E-state index in [1.54, 1.807) is 6.08 Å². The Kier molecular flexibility index (Phi) is 6.82. The van der Waals surface area contributed by atoms with Gasteiger partial charge in [0.25, 0.3) is 5.91 Å². The Morgan fingerprint density at radius 2 is 1.61 bits per heavy atom. The molecular formula is C29H24N2O2. The molecule has 1 N–H and O–H groups in total. The van der Waals surface area contributed by atoms with Gasteiger partial charge in [-0.15, -0.1) is 0 Å². The van der Waals surface area contributed by atoms with Gasteiger partial charge < -0.3 is 10.1 Å². The summed E-state index contributed by atoms with van der Waals surface area (Å²) in [6.07, 6.45) is 2.49. The molecule has 4 nitrogen and oxygen atoms in total. The van der Waals surface area contributed by atoms with Gasteiger partial charge >= 0.3 is 0 Å². The number of hydrogen-bond donors (Lipinski definition) is 1. The van der Waals surface area contributed by atoms with Crippen LogP contribution in [0.1, 0.15) is 23.6 Å². The molecule has 162 valence electrons. The van der Waals surface area contributed by atoms with E-state index in [4.69, 9.17) is 4.74 Å². The molecule has 0 aromatic heterocycles. The Balaban J connectivity index is 1.50. The van der Waals surface area contributed by atoms with E-state index in [9.17, 15) is 10.1 Å². The highest BCUT2D eigenvalue weighted by molar-refractivity contribution is 6.09. The number of ether oxygens (including phenoxy) is 1. The average Bonchev–Trinajstić information content (AvgIpc) is 2.86. The molecule has 0 aliphatic heterocycles. The highest BCUT2D eigenvalue weighted by atomic mass is 16.5. The zero-order chi connectivity index (χ0) is 23.0. The number of nitrogens with one attached hydrogen (secondary N) is 1. The number of amides is 1. The first-order valence-corrected chi connectivity index (χ1v) is 10.9. The van der Waals surface area contributed by atoms with Crippen molar-refractivity contribution in [3.8, 4) is 11.8 Å². The summed E-state index contributed by atoms with van der Waals surface area (Å²) in [7, 11) is 0. The molecule has 0 aliphatic carbocycles. The smallest absolute Gasteiger partial charge is 0.266 e. The molecule has 0 heterocycles. The Hall–Kier alpha value is -4.36. The van der Waals surface area contributed by atoms with Gasteiger partial charge in [-0.2, -0.15) is 5.26 Å². The summed E-state index contributed by atoms with van der Waals surface area (Å²) in [5, 5.41) is 14.7. The number of para-hydroxylation sites is 1. The molecule has 1 amide bonds. The molecule has 4 heteroatoms. The van der Waals surface area contributed by atoms with E-state index in [1.165, 1.54) is 10.9 Å². The highest BCUT2D eigenvalue weighted by Gasteiger charge is 2.11. The SMILES string of the molecule is CCc1ccc(NC(=O)/C(C#N)=C/c2ccccc2OCc2ccc3ccccc3c2)cc1. The van der Waals surface area contributed by atoms with Crippen molar-refractivity contribution in [1.29, 1.82) is 5.26 Å². The minimum Gasteiger partial charge on any atom is -0.488 e. The normalized spacial score (nSPS) is 11.1. The largest absolute Gasteiger partial charge is 0.488 e. The van der Waals surface area contributed by atoms with Crippen molar-refractivity contribution in [2.24, 2.45) is 0 Å². The number of hydrogen-bond acceptors (Lipinski definition) is 3. The lowest BCUT2D eigenvalue weighted by atomic mass is 10.1. The second-order valence-electron chi connectivity index (χ2n) is 7.68. The molecule has 33 heavy (non-hydrogen) atoms. The minimum atomic E-state index is -0.453. The number of nitriles is 1. The predicted molar refractivity (Wildman–Crippen MR) is 133 cm³/mol. The van der Waals surface area contributed by atoms with Crippen LogP contribution >= 0.6 is 0 Å². The fourth-order valence-corrected chi connectivity index (χ4v) is 3.55. The molecule has 4 rings (SSSR count). The van der Waals surface area contributed by atoms with E-state index >= 15 is 0 Å². The van der Waals surface area contributed by atoms with E-state index < -0.39 is 5.91 Å². The van der Waals surface area contributed by atoms with Crippen LogP contribution in [0.3, 0.4) is 0 Å². The molecule has 0 atom stereocenters. The van der Waals surface area contributed by atoms with Gasteiger partial charge in [0.2, 0.25) is 0 Å². The van der Waals surface area contributed by atoms with E-state index in [2.05, 4.69) is 36.5 Å². The van der Waals surface area contributed by atoms with Gasteiger partial charge in [-0.05, 0) is 58.7 Å². The number of anilines is 1. The number of nitrogens with zero attached hydrogens (tertiary/aromatic N) is 1. The lowest BCUT2D eigenvalue weighted by Gasteiger charge is -2.11. The van der Waals surface area contributed by atoms with Crippen molar-refractivity contribution < 1.29 is 9.53 Å². The maximum absolute atomic E-state index is 12.7. The monoisotopic (exact) mass is 432 g/mol. The Morgan fingerprint density at radius 3 is 2.36 bits per heavy atom. The van der Waals surface area contributed by atoms with Crippen molar-refractivity contribution in [3.63, 3.8) is 0 Å². The van der Waals surface area contributed by atoms with Crippen molar-refractivity contribution in [2.45, 2.75) is 20.0 Å². The van der Waals surface area contributed by atoms with Crippen LogP contribution in [-0.2, 0) is 17.8 Å². The highest BCUT2D eigenvalue weighted by Crippen LogP contribution is 2.24. The van der Waals surface area contributed by atoms with E-state index in [1.807, 2.05) is 72.8 Å². The third kappa shape index (κ3) is 5.47. The summed E-state index contributed by atoms with van der Waals surface area (Å²) in [6, 6.07) is 31.4. The predicted octanol–water partition coefficient (Wildman–Crippen LogP) is 6.53.